The van der Waals surface area contributed by atoms with Crippen LogP contribution in [0.5, 0.6) is 5.75 Å². The number of hydrogen-bond donors (Lipinski definition) is 4. The number of terminal acetylenes is 1. The summed E-state index contributed by atoms with van der Waals surface area (Å²) in [5.74, 6) is 0.449. The molecule has 3 rings (SSSR count). The lowest BCUT2D eigenvalue weighted by atomic mass is 9.87. The van der Waals surface area contributed by atoms with E-state index < -0.39 is 73.9 Å². The Bertz CT molecular complexity index is 1440. The van der Waals surface area contributed by atoms with Crippen LogP contribution >= 0.6 is 7.75 Å². The van der Waals surface area contributed by atoms with Crippen molar-refractivity contribution in [2.45, 2.75) is 50.3 Å². The summed E-state index contributed by atoms with van der Waals surface area (Å²) in [5.41, 5.74) is -6.34. The van der Waals surface area contributed by atoms with Gasteiger partial charge in [-0.05, 0) is 26.0 Å². The zero-order valence-corrected chi connectivity index (χ0v) is 22.5. The number of rotatable bonds is 11. The molecule has 6 atom stereocenters. The molecule has 1 aromatic heterocycles. The highest BCUT2D eigenvalue weighted by Gasteiger charge is 2.64. The number of nitrogens with one attached hydrogen (secondary N) is 2. The summed E-state index contributed by atoms with van der Waals surface area (Å²) in [6.45, 7) is 2.18. The van der Waals surface area contributed by atoms with Crippen molar-refractivity contribution < 1.29 is 47.6 Å². The van der Waals surface area contributed by atoms with Crippen molar-refractivity contribution in [3.8, 4) is 18.1 Å². The minimum absolute atomic E-state index is 0.0801. The molecule has 40 heavy (non-hydrogen) atoms. The van der Waals surface area contributed by atoms with Gasteiger partial charge in [0, 0.05) is 19.2 Å². The Morgan fingerprint density at radius 1 is 1.27 bits per heavy atom. The van der Waals surface area contributed by atoms with Crippen LogP contribution in [0.1, 0.15) is 20.8 Å². The maximum atomic E-state index is 13.7. The first-order valence-corrected chi connectivity index (χ1v) is 13.2. The third-order valence-corrected chi connectivity index (χ3v) is 7.56. The maximum absolute atomic E-state index is 13.7. The topological polar surface area (TPSA) is 205 Å². The van der Waals surface area contributed by atoms with E-state index in [0.717, 1.165) is 23.8 Å². The number of aromatic nitrogens is 2. The fourth-order valence-corrected chi connectivity index (χ4v) is 5.30. The number of nitrogens with zero attached hydrogens (tertiary/aromatic N) is 1. The van der Waals surface area contributed by atoms with Crippen molar-refractivity contribution in [1.29, 1.82) is 0 Å². The first kappa shape index (κ1) is 30.8. The molecular formula is C24H28N3O12P. The molecule has 0 amide bonds. The molecule has 1 aliphatic heterocycles. The van der Waals surface area contributed by atoms with Crippen molar-refractivity contribution in [3.05, 3.63) is 63.4 Å². The van der Waals surface area contributed by atoms with Crippen LogP contribution in [0.15, 0.2) is 52.2 Å². The van der Waals surface area contributed by atoms with Crippen LogP contribution in [-0.4, -0.2) is 69.0 Å². The summed E-state index contributed by atoms with van der Waals surface area (Å²) < 4.78 is 40.6. The lowest BCUT2D eigenvalue weighted by Gasteiger charge is -2.36. The Morgan fingerprint density at radius 3 is 2.55 bits per heavy atom. The molecule has 0 aliphatic carbocycles. The standard InChI is InChI=1S/C24H28N3O12P/c1-5-24(33)20(30)18(38-23(24,4)27-12-11-19(29)25-22(27)32)13-37-40(34,39-17-9-7-6-8-10-17)26-15(2)21(31)36-14-35-16(3)28/h1,6-12,15,18,20,30,33H,13-14H2,2-4H3,(H,26,34)(H,25,29,32)/t15-,18+,20+,23+,24+,40?/m0/s1. The summed E-state index contributed by atoms with van der Waals surface area (Å²) in [7, 11) is -4.46. The van der Waals surface area contributed by atoms with Crippen LogP contribution < -0.4 is 20.9 Å². The predicted octanol–water partition coefficient (Wildman–Crippen LogP) is -0.421. The van der Waals surface area contributed by atoms with Gasteiger partial charge in [0.1, 0.15) is 24.0 Å². The van der Waals surface area contributed by atoms with Crippen LogP contribution in [0.4, 0.5) is 0 Å². The molecule has 1 saturated heterocycles. The molecule has 0 radical (unpaired) electrons. The Hall–Kier alpha value is -3.77. The summed E-state index contributed by atoms with van der Waals surface area (Å²) in [4.78, 5) is 49.2. The van der Waals surface area contributed by atoms with Crippen molar-refractivity contribution in [2.75, 3.05) is 13.4 Å². The Labute approximate surface area is 227 Å². The first-order chi connectivity index (χ1) is 18.7. The minimum Gasteiger partial charge on any atom is -0.428 e. The number of hydrogen-bond acceptors (Lipinski definition) is 12. The third-order valence-electron chi connectivity index (χ3n) is 5.92. The second-order valence-corrected chi connectivity index (χ2v) is 10.4. The second kappa shape index (κ2) is 12.2. The summed E-state index contributed by atoms with van der Waals surface area (Å²) in [5, 5.41) is 24.5. The predicted molar refractivity (Wildman–Crippen MR) is 136 cm³/mol. The van der Waals surface area contributed by atoms with Gasteiger partial charge in [-0.15, -0.1) is 6.42 Å². The lowest BCUT2D eigenvalue weighted by molar-refractivity contribution is -0.166. The highest BCUT2D eigenvalue weighted by Crippen LogP contribution is 2.48. The van der Waals surface area contributed by atoms with Crippen molar-refractivity contribution in [3.63, 3.8) is 0 Å². The van der Waals surface area contributed by atoms with Gasteiger partial charge >= 0.3 is 25.4 Å². The molecule has 2 aromatic rings. The number of aliphatic hydroxyl groups excluding tert-OH is 1. The molecule has 1 fully saturated rings. The van der Waals surface area contributed by atoms with Gasteiger partial charge in [0.05, 0.1) is 6.61 Å². The highest BCUT2D eigenvalue weighted by molar-refractivity contribution is 7.52. The summed E-state index contributed by atoms with van der Waals surface area (Å²) >= 11 is 0. The van der Waals surface area contributed by atoms with Crippen LogP contribution in [0, 0.1) is 12.3 Å². The SMILES string of the molecule is C#C[C@@]1(O)[C@H](O)[C@@H](COP(=O)(N[C@@H](C)C(=O)OCOC(C)=O)Oc2ccccc2)O[C@@]1(C)n1ccc(=O)[nH]c1=O. The van der Waals surface area contributed by atoms with Gasteiger partial charge < -0.3 is 28.9 Å². The van der Waals surface area contributed by atoms with E-state index in [9.17, 15) is 34.0 Å². The normalized spacial score (nSPS) is 26.2. The summed E-state index contributed by atoms with van der Waals surface area (Å²) in [6.07, 6.45) is 3.15. The largest absolute Gasteiger partial charge is 0.459 e. The van der Waals surface area contributed by atoms with E-state index in [1.165, 1.54) is 26.0 Å². The lowest BCUT2D eigenvalue weighted by Crippen LogP contribution is -2.58. The van der Waals surface area contributed by atoms with E-state index in [0.29, 0.717) is 0 Å². The molecule has 0 bridgehead atoms. The number of carbonyl (C=O) groups is 2. The number of esters is 2. The highest BCUT2D eigenvalue weighted by atomic mass is 31.2. The molecule has 2 heterocycles. The van der Waals surface area contributed by atoms with E-state index in [1.807, 2.05) is 10.9 Å². The first-order valence-electron chi connectivity index (χ1n) is 11.7. The van der Waals surface area contributed by atoms with Gasteiger partial charge in [-0.25, -0.2) is 9.36 Å². The van der Waals surface area contributed by atoms with Gasteiger partial charge in [0.15, 0.2) is 5.72 Å². The Balaban J connectivity index is 1.84. The summed E-state index contributed by atoms with van der Waals surface area (Å²) in [6, 6.07) is 7.42. The van der Waals surface area contributed by atoms with Crippen LogP contribution in [-0.2, 0) is 38.6 Å². The number of H-pyrrole nitrogens is 1. The van der Waals surface area contributed by atoms with Gasteiger partial charge in [0.2, 0.25) is 12.4 Å². The number of aliphatic hydroxyl groups is 2. The number of para-hydroxylation sites is 1. The van der Waals surface area contributed by atoms with Gasteiger partial charge in [-0.2, -0.15) is 5.09 Å². The van der Waals surface area contributed by atoms with Gasteiger partial charge in [0.25, 0.3) is 5.56 Å². The smallest absolute Gasteiger partial charge is 0.428 e. The molecular weight excluding hydrogens is 553 g/mol. The number of benzene rings is 1. The molecule has 4 N–H and O–H groups in total. The van der Waals surface area contributed by atoms with E-state index in [-0.39, 0.29) is 5.75 Å². The minimum atomic E-state index is -4.46. The zero-order valence-electron chi connectivity index (χ0n) is 21.6. The number of ether oxygens (including phenoxy) is 3. The van der Waals surface area contributed by atoms with Crippen molar-refractivity contribution >= 4 is 19.7 Å². The zero-order chi connectivity index (χ0) is 29.7. The average molecular weight is 581 g/mol. The fourth-order valence-electron chi connectivity index (χ4n) is 3.80. The quantitative estimate of drug-likeness (QED) is 0.115. The van der Waals surface area contributed by atoms with E-state index in [2.05, 4.69) is 9.82 Å². The van der Waals surface area contributed by atoms with E-state index >= 15 is 0 Å². The second-order valence-electron chi connectivity index (χ2n) is 8.74. The molecule has 0 spiro atoms. The molecule has 1 aliphatic rings. The molecule has 1 unspecified atom stereocenters. The molecule has 1 aromatic carbocycles. The maximum Gasteiger partial charge on any atom is 0.459 e. The van der Waals surface area contributed by atoms with Crippen LogP contribution in [0.3, 0.4) is 0 Å². The van der Waals surface area contributed by atoms with Crippen LogP contribution in [0.2, 0.25) is 0 Å². The van der Waals surface area contributed by atoms with Crippen LogP contribution in [0.25, 0.3) is 0 Å². The van der Waals surface area contributed by atoms with Gasteiger partial charge in [-0.3, -0.25) is 28.5 Å². The third kappa shape index (κ3) is 6.50. The Morgan fingerprint density at radius 2 is 1.95 bits per heavy atom. The number of aromatic amines is 1. The van der Waals surface area contributed by atoms with Crippen molar-refractivity contribution in [2.24, 2.45) is 0 Å². The molecule has 16 heteroatoms. The van der Waals surface area contributed by atoms with Gasteiger partial charge in [-0.1, -0.05) is 24.1 Å². The fraction of sp³-hybridized carbons (Fsp3) is 0.417. The Kier molecular flexibility index (Phi) is 9.36. The number of carbonyl (C=O) groups excluding carboxylic acids is 2. The molecule has 0 saturated carbocycles. The molecule has 216 valence electrons. The molecule has 15 nitrogen and oxygen atoms in total. The van der Waals surface area contributed by atoms with E-state index in [1.54, 1.807) is 18.2 Å². The average Bonchev–Trinajstić information content (AvgIpc) is 3.09. The monoisotopic (exact) mass is 581 g/mol. The van der Waals surface area contributed by atoms with E-state index in [4.69, 9.17) is 24.9 Å². The van der Waals surface area contributed by atoms with Crippen molar-refractivity contribution in [1.82, 2.24) is 14.6 Å².